The van der Waals surface area contributed by atoms with Crippen LogP contribution in [0.25, 0.3) is 0 Å². The SMILES string of the molecule is NC1NC2OC3CCC(C4CCCC4)NC3C(=O)C2CC1C(=O)O. The van der Waals surface area contributed by atoms with Crippen LogP contribution in [-0.4, -0.2) is 47.4 Å². The highest BCUT2D eigenvalue weighted by Crippen LogP contribution is 2.38. The van der Waals surface area contributed by atoms with Crippen LogP contribution < -0.4 is 16.4 Å². The van der Waals surface area contributed by atoms with Crippen molar-refractivity contribution in [1.82, 2.24) is 10.6 Å². The maximum absolute atomic E-state index is 13.0. The normalized spacial score (nSPS) is 46.4. The lowest BCUT2D eigenvalue weighted by atomic mass is 9.76. The first kappa shape index (κ1) is 16.4. The molecule has 4 fully saturated rings. The summed E-state index contributed by atoms with van der Waals surface area (Å²) >= 11 is 0. The fourth-order valence-corrected chi connectivity index (χ4v) is 5.11. The number of ketones is 1. The molecule has 3 aliphatic heterocycles. The number of carbonyl (C=O) groups is 2. The Balaban J connectivity index is 1.48. The predicted molar refractivity (Wildman–Crippen MR) is 85.9 cm³/mol. The summed E-state index contributed by atoms with van der Waals surface area (Å²) in [6.45, 7) is 0. The van der Waals surface area contributed by atoms with Crippen molar-refractivity contribution in [3.63, 3.8) is 0 Å². The van der Waals surface area contributed by atoms with Crippen LogP contribution in [0.1, 0.15) is 44.9 Å². The van der Waals surface area contributed by atoms with Gasteiger partial charge in [0.15, 0.2) is 5.78 Å². The molecule has 0 aromatic heterocycles. The predicted octanol–water partition coefficient (Wildman–Crippen LogP) is 0.186. The van der Waals surface area contributed by atoms with E-state index in [9.17, 15) is 14.7 Å². The molecule has 0 bridgehead atoms. The molecule has 4 rings (SSSR count). The maximum Gasteiger partial charge on any atom is 0.309 e. The lowest BCUT2D eigenvalue weighted by Crippen LogP contribution is -2.70. The lowest BCUT2D eigenvalue weighted by molar-refractivity contribution is -0.176. The van der Waals surface area contributed by atoms with Gasteiger partial charge in [0.1, 0.15) is 6.23 Å². The number of carboxylic acid groups (broad SMARTS) is 1. The van der Waals surface area contributed by atoms with Crippen LogP contribution in [0.3, 0.4) is 0 Å². The second kappa shape index (κ2) is 6.37. The van der Waals surface area contributed by atoms with Crippen LogP contribution in [-0.2, 0) is 14.3 Å². The Morgan fingerprint density at radius 2 is 1.92 bits per heavy atom. The number of hydrogen-bond donors (Lipinski definition) is 4. The summed E-state index contributed by atoms with van der Waals surface area (Å²) in [7, 11) is 0. The van der Waals surface area contributed by atoms with Gasteiger partial charge in [-0.05, 0) is 38.0 Å². The van der Waals surface area contributed by atoms with E-state index >= 15 is 0 Å². The average Bonchev–Trinajstić information content (AvgIpc) is 3.08. The van der Waals surface area contributed by atoms with Gasteiger partial charge >= 0.3 is 5.97 Å². The molecule has 0 aromatic rings. The second-order valence-corrected chi connectivity index (χ2v) is 7.85. The number of carbonyl (C=O) groups excluding carboxylic acids is 1. The summed E-state index contributed by atoms with van der Waals surface area (Å²) in [5.74, 6) is -1.36. The minimum atomic E-state index is -0.955. The standard InChI is InChI=1S/C17H27N3O4/c18-15-10(17(22)23)7-9-14(21)13-12(24-16(9)20-15)6-5-11(19-13)8-3-1-2-4-8/h8-13,15-16,19-20H,1-7,18H2,(H,22,23). The molecule has 5 N–H and O–H groups in total. The quantitative estimate of drug-likeness (QED) is 0.568. The van der Waals surface area contributed by atoms with Gasteiger partial charge in [-0.25, -0.2) is 0 Å². The van der Waals surface area contributed by atoms with Crippen molar-refractivity contribution >= 4 is 11.8 Å². The monoisotopic (exact) mass is 337 g/mol. The molecule has 0 radical (unpaired) electrons. The molecule has 4 aliphatic rings. The maximum atomic E-state index is 13.0. The van der Waals surface area contributed by atoms with Gasteiger partial charge in [0.25, 0.3) is 0 Å². The highest BCUT2D eigenvalue weighted by Gasteiger charge is 2.52. The van der Waals surface area contributed by atoms with Gasteiger partial charge in [0.05, 0.1) is 30.1 Å². The fourth-order valence-electron chi connectivity index (χ4n) is 5.11. The van der Waals surface area contributed by atoms with Gasteiger partial charge in [-0.15, -0.1) is 0 Å². The number of fused-ring (bicyclic) bond motifs is 2. The molecule has 0 aromatic carbocycles. The summed E-state index contributed by atoms with van der Waals surface area (Å²) in [6.07, 6.45) is 5.99. The third-order valence-electron chi connectivity index (χ3n) is 6.47. The topological polar surface area (TPSA) is 114 Å². The van der Waals surface area contributed by atoms with Crippen LogP contribution in [0.2, 0.25) is 0 Å². The molecular formula is C17H27N3O4. The van der Waals surface area contributed by atoms with E-state index < -0.39 is 30.2 Å². The number of hydrogen-bond acceptors (Lipinski definition) is 6. The van der Waals surface area contributed by atoms with E-state index in [0.717, 1.165) is 12.8 Å². The molecule has 0 spiro atoms. The summed E-state index contributed by atoms with van der Waals surface area (Å²) < 4.78 is 6.11. The Bertz CT molecular complexity index is 522. The Hall–Kier alpha value is -1.02. The van der Waals surface area contributed by atoms with E-state index in [-0.39, 0.29) is 24.3 Å². The highest BCUT2D eigenvalue weighted by molar-refractivity contribution is 5.89. The van der Waals surface area contributed by atoms with Crippen LogP contribution >= 0.6 is 0 Å². The zero-order valence-corrected chi connectivity index (χ0v) is 13.8. The van der Waals surface area contributed by atoms with Gasteiger partial charge in [-0.3, -0.25) is 14.9 Å². The largest absolute Gasteiger partial charge is 0.481 e. The number of rotatable bonds is 2. The molecule has 3 heterocycles. The number of carboxylic acids is 1. The van der Waals surface area contributed by atoms with Gasteiger partial charge < -0.3 is 20.9 Å². The van der Waals surface area contributed by atoms with Crippen molar-refractivity contribution in [1.29, 1.82) is 0 Å². The summed E-state index contributed by atoms with van der Waals surface area (Å²) in [5, 5.41) is 15.9. The summed E-state index contributed by atoms with van der Waals surface area (Å²) in [6, 6.07) is 0.100. The Kier molecular flexibility index (Phi) is 4.36. The van der Waals surface area contributed by atoms with Crippen molar-refractivity contribution in [3.05, 3.63) is 0 Å². The van der Waals surface area contributed by atoms with E-state index in [1.165, 1.54) is 25.7 Å². The summed E-state index contributed by atoms with van der Waals surface area (Å²) in [5.41, 5.74) is 5.91. The molecule has 7 heteroatoms. The number of nitrogens with one attached hydrogen (secondary N) is 2. The molecule has 7 unspecified atom stereocenters. The average molecular weight is 337 g/mol. The molecule has 24 heavy (non-hydrogen) atoms. The number of ether oxygens (including phenoxy) is 1. The molecular weight excluding hydrogens is 310 g/mol. The smallest absolute Gasteiger partial charge is 0.309 e. The first-order valence-corrected chi connectivity index (χ1v) is 9.24. The van der Waals surface area contributed by atoms with Gasteiger partial charge in [-0.2, -0.15) is 0 Å². The van der Waals surface area contributed by atoms with Crippen LogP contribution in [0.15, 0.2) is 0 Å². The zero-order chi connectivity index (χ0) is 16.8. The number of piperidine rings is 2. The van der Waals surface area contributed by atoms with Gasteiger partial charge in [0, 0.05) is 6.04 Å². The van der Waals surface area contributed by atoms with Gasteiger partial charge in [-0.1, -0.05) is 12.8 Å². The summed E-state index contributed by atoms with van der Waals surface area (Å²) in [4.78, 5) is 24.4. The first-order valence-electron chi connectivity index (χ1n) is 9.24. The Morgan fingerprint density at radius 3 is 2.62 bits per heavy atom. The third kappa shape index (κ3) is 2.77. The van der Waals surface area contributed by atoms with E-state index in [1.54, 1.807) is 0 Å². The molecule has 0 amide bonds. The van der Waals surface area contributed by atoms with E-state index in [1.807, 2.05) is 0 Å². The minimum absolute atomic E-state index is 0.101. The number of nitrogens with two attached hydrogens (primary N) is 1. The van der Waals surface area contributed by atoms with E-state index in [4.69, 9.17) is 10.5 Å². The van der Waals surface area contributed by atoms with Crippen molar-refractivity contribution in [2.75, 3.05) is 0 Å². The third-order valence-corrected chi connectivity index (χ3v) is 6.47. The molecule has 7 nitrogen and oxygen atoms in total. The lowest BCUT2D eigenvalue weighted by Gasteiger charge is -2.49. The van der Waals surface area contributed by atoms with Gasteiger partial charge in [0.2, 0.25) is 0 Å². The molecule has 3 saturated heterocycles. The number of Topliss-reactive ketones (excluding diaryl/α,β-unsaturated/α-hetero) is 1. The van der Waals surface area contributed by atoms with E-state index in [0.29, 0.717) is 12.0 Å². The Morgan fingerprint density at radius 1 is 1.17 bits per heavy atom. The first-order chi connectivity index (χ1) is 11.5. The molecule has 1 saturated carbocycles. The zero-order valence-electron chi connectivity index (χ0n) is 13.8. The van der Waals surface area contributed by atoms with Crippen molar-refractivity contribution < 1.29 is 19.4 Å². The fraction of sp³-hybridized carbons (Fsp3) is 0.882. The van der Waals surface area contributed by atoms with Crippen molar-refractivity contribution in [3.8, 4) is 0 Å². The van der Waals surface area contributed by atoms with Crippen LogP contribution in [0.5, 0.6) is 0 Å². The second-order valence-electron chi connectivity index (χ2n) is 7.85. The Labute approximate surface area is 141 Å². The van der Waals surface area contributed by atoms with Crippen LogP contribution in [0.4, 0.5) is 0 Å². The minimum Gasteiger partial charge on any atom is -0.481 e. The van der Waals surface area contributed by atoms with Crippen molar-refractivity contribution in [2.45, 2.75) is 75.5 Å². The number of aliphatic carboxylic acids is 1. The highest BCUT2D eigenvalue weighted by atomic mass is 16.5. The van der Waals surface area contributed by atoms with Crippen LogP contribution in [0, 0.1) is 17.8 Å². The van der Waals surface area contributed by atoms with Crippen molar-refractivity contribution in [2.24, 2.45) is 23.5 Å². The van der Waals surface area contributed by atoms with E-state index in [2.05, 4.69) is 10.6 Å². The molecule has 1 aliphatic carbocycles. The molecule has 7 atom stereocenters. The molecule has 134 valence electrons.